The molecule has 0 bridgehead atoms. The molecule has 5 heteroatoms. The van der Waals surface area contributed by atoms with Crippen LogP contribution < -0.4 is 0 Å². The summed E-state index contributed by atoms with van der Waals surface area (Å²) in [6.45, 7) is 2.75. The van der Waals surface area contributed by atoms with Gasteiger partial charge in [-0.1, -0.05) is 43.7 Å². The van der Waals surface area contributed by atoms with E-state index >= 15 is 0 Å². The van der Waals surface area contributed by atoms with Crippen LogP contribution in [0.1, 0.15) is 44.6 Å². The van der Waals surface area contributed by atoms with Crippen LogP contribution in [0.25, 0.3) is 0 Å². The van der Waals surface area contributed by atoms with Gasteiger partial charge in [0, 0.05) is 19.3 Å². The van der Waals surface area contributed by atoms with Crippen molar-refractivity contribution in [3.05, 3.63) is 35.9 Å². The number of hydrogen-bond acceptors (Lipinski definition) is 5. The third-order valence-corrected chi connectivity index (χ3v) is 3.82. The van der Waals surface area contributed by atoms with Crippen LogP contribution in [0.15, 0.2) is 30.3 Å². The fourth-order valence-electron chi connectivity index (χ4n) is 2.45. The highest BCUT2D eigenvalue weighted by Gasteiger charge is 2.42. The van der Waals surface area contributed by atoms with Crippen molar-refractivity contribution in [3.63, 3.8) is 0 Å². The van der Waals surface area contributed by atoms with Gasteiger partial charge in [-0.05, 0) is 12.0 Å². The van der Waals surface area contributed by atoms with Crippen LogP contribution in [-0.4, -0.2) is 30.8 Å². The molecule has 1 aliphatic heterocycles. The molecule has 1 fully saturated rings. The zero-order valence-corrected chi connectivity index (χ0v) is 13.6. The molecule has 0 spiro atoms. The highest BCUT2D eigenvalue weighted by Crippen LogP contribution is 2.28. The Morgan fingerprint density at radius 3 is 2.70 bits per heavy atom. The normalized spacial score (nSPS) is 20.3. The molecule has 1 saturated heterocycles. The molecule has 126 valence electrons. The van der Waals surface area contributed by atoms with E-state index in [4.69, 9.17) is 14.2 Å². The molecule has 0 radical (unpaired) electrons. The largest absolute Gasteiger partial charge is 0.461 e. The van der Waals surface area contributed by atoms with Crippen LogP contribution in [0.3, 0.4) is 0 Å². The van der Waals surface area contributed by atoms with Gasteiger partial charge in [0.2, 0.25) is 0 Å². The predicted molar refractivity (Wildman–Crippen MR) is 84.6 cm³/mol. The van der Waals surface area contributed by atoms with Crippen molar-refractivity contribution in [1.29, 1.82) is 0 Å². The lowest BCUT2D eigenvalue weighted by atomic mass is 10.0. The molecule has 1 atom stereocenters. The highest BCUT2D eigenvalue weighted by molar-refractivity contribution is 5.72. The molecule has 1 aliphatic rings. The number of carbonyl (C=O) groups is 2. The van der Waals surface area contributed by atoms with E-state index in [1.807, 2.05) is 37.3 Å². The van der Waals surface area contributed by atoms with Crippen LogP contribution in [0.2, 0.25) is 0 Å². The second-order valence-corrected chi connectivity index (χ2v) is 5.90. The van der Waals surface area contributed by atoms with Gasteiger partial charge in [0.1, 0.15) is 6.61 Å². The van der Waals surface area contributed by atoms with Crippen LogP contribution in [0.4, 0.5) is 0 Å². The van der Waals surface area contributed by atoms with Gasteiger partial charge in [-0.15, -0.1) is 0 Å². The molecule has 1 aromatic carbocycles. The van der Waals surface area contributed by atoms with E-state index in [0.717, 1.165) is 18.4 Å². The Balaban J connectivity index is 1.83. The summed E-state index contributed by atoms with van der Waals surface area (Å²) in [5, 5.41) is 0. The molecule has 1 aromatic rings. The van der Waals surface area contributed by atoms with Crippen molar-refractivity contribution in [2.45, 2.75) is 51.2 Å². The first-order valence-corrected chi connectivity index (χ1v) is 8.13. The lowest BCUT2D eigenvalue weighted by Crippen LogP contribution is -2.40. The fraction of sp³-hybridized carbons (Fsp3) is 0.556. The number of carbonyl (C=O) groups excluding carboxylic acids is 2. The Morgan fingerprint density at radius 1 is 1.26 bits per heavy atom. The average Bonchev–Trinajstić information content (AvgIpc) is 2.93. The van der Waals surface area contributed by atoms with E-state index < -0.39 is 5.60 Å². The van der Waals surface area contributed by atoms with Gasteiger partial charge >= 0.3 is 11.9 Å². The fourth-order valence-corrected chi connectivity index (χ4v) is 2.45. The van der Waals surface area contributed by atoms with Gasteiger partial charge in [0.15, 0.2) is 5.60 Å². The van der Waals surface area contributed by atoms with Crippen molar-refractivity contribution in [2.24, 2.45) is 0 Å². The molecule has 0 saturated carbocycles. The maximum absolute atomic E-state index is 11.7. The first-order valence-electron chi connectivity index (χ1n) is 8.13. The average molecular weight is 320 g/mol. The van der Waals surface area contributed by atoms with Crippen molar-refractivity contribution in [2.75, 3.05) is 13.2 Å². The SMILES string of the molecule is CCCCC(=O)OCC1(COCc2ccccc2)CCC(=O)O1. The number of esters is 2. The number of cyclic esters (lactones) is 1. The van der Waals surface area contributed by atoms with E-state index in [-0.39, 0.29) is 25.2 Å². The van der Waals surface area contributed by atoms with E-state index in [0.29, 0.717) is 25.9 Å². The van der Waals surface area contributed by atoms with Crippen LogP contribution in [-0.2, 0) is 30.4 Å². The van der Waals surface area contributed by atoms with E-state index in [1.54, 1.807) is 0 Å². The van der Waals surface area contributed by atoms with Crippen molar-refractivity contribution >= 4 is 11.9 Å². The minimum atomic E-state index is -0.840. The van der Waals surface area contributed by atoms with E-state index in [9.17, 15) is 9.59 Å². The summed E-state index contributed by atoms with van der Waals surface area (Å²) in [5.41, 5.74) is 0.209. The Hall–Kier alpha value is -1.88. The van der Waals surface area contributed by atoms with Gasteiger partial charge in [0.05, 0.1) is 13.2 Å². The third-order valence-electron chi connectivity index (χ3n) is 3.82. The summed E-state index contributed by atoms with van der Waals surface area (Å²) < 4.78 is 16.4. The lowest BCUT2D eigenvalue weighted by Gasteiger charge is -2.27. The predicted octanol–water partition coefficient (Wildman–Crippen LogP) is 3.01. The molecule has 0 N–H and O–H groups in total. The molecule has 0 aliphatic carbocycles. The van der Waals surface area contributed by atoms with Crippen molar-refractivity contribution < 1.29 is 23.8 Å². The van der Waals surface area contributed by atoms with E-state index in [1.165, 1.54) is 0 Å². The molecule has 0 amide bonds. The van der Waals surface area contributed by atoms with Gasteiger partial charge in [-0.3, -0.25) is 9.59 Å². The summed E-state index contributed by atoms with van der Waals surface area (Å²) in [4.78, 5) is 23.2. The number of rotatable bonds is 9. The van der Waals surface area contributed by atoms with Crippen molar-refractivity contribution in [1.82, 2.24) is 0 Å². The first kappa shape index (κ1) is 17.5. The summed E-state index contributed by atoms with van der Waals surface area (Å²) in [7, 11) is 0. The van der Waals surface area contributed by atoms with E-state index in [2.05, 4.69) is 0 Å². The molecular weight excluding hydrogens is 296 g/mol. The number of ether oxygens (including phenoxy) is 3. The smallest absolute Gasteiger partial charge is 0.306 e. The molecule has 23 heavy (non-hydrogen) atoms. The molecule has 5 nitrogen and oxygen atoms in total. The van der Waals surface area contributed by atoms with Crippen LogP contribution in [0, 0.1) is 0 Å². The topological polar surface area (TPSA) is 61.8 Å². The summed E-state index contributed by atoms with van der Waals surface area (Å²) in [5.74, 6) is -0.518. The Kier molecular flexibility index (Phi) is 6.59. The monoisotopic (exact) mass is 320 g/mol. The Labute approximate surface area is 136 Å². The molecular formula is C18H24O5. The minimum Gasteiger partial charge on any atom is -0.461 e. The molecule has 1 heterocycles. The number of hydrogen-bond donors (Lipinski definition) is 0. The summed E-state index contributed by atoms with van der Waals surface area (Å²) >= 11 is 0. The highest BCUT2D eigenvalue weighted by atomic mass is 16.6. The Morgan fingerprint density at radius 2 is 2.04 bits per heavy atom. The molecule has 2 rings (SSSR count). The van der Waals surface area contributed by atoms with Gasteiger partial charge in [-0.2, -0.15) is 0 Å². The lowest BCUT2D eigenvalue weighted by molar-refractivity contribution is -0.169. The van der Waals surface area contributed by atoms with Gasteiger partial charge in [0.25, 0.3) is 0 Å². The maximum Gasteiger partial charge on any atom is 0.306 e. The molecule has 0 aromatic heterocycles. The van der Waals surface area contributed by atoms with Crippen LogP contribution >= 0.6 is 0 Å². The standard InChI is InChI=1S/C18H24O5/c1-2-3-9-16(19)22-14-18(11-10-17(20)23-18)13-21-12-15-7-5-4-6-8-15/h4-8H,2-3,9-14H2,1H3. The minimum absolute atomic E-state index is 0.0656. The van der Waals surface area contributed by atoms with Crippen molar-refractivity contribution in [3.8, 4) is 0 Å². The summed E-state index contributed by atoms with van der Waals surface area (Å²) in [6.07, 6.45) is 2.99. The second kappa shape index (κ2) is 8.67. The summed E-state index contributed by atoms with van der Waals surface area (Å²) in [6, 6.07) is 9.77. The van der Waals surface area contributed by atoms with Gasteiger partial charge < -0.3 is 14.2 Å². The van der Waals surface area contributed by atoms with Gasteiger partial charge in [-0.25, -0.2) is 0 Å². The Bertz CT molecular complexity index is 513. The quantitative estimate of drug-likeness (QED) is 0.655. The second-order valence-electron chi connectivity index (χ2n) is 5.90. The van der Waals surface area contributed by atoms with Crippen LogP contribution in [0.5, 0.6) is 0 Å². The number of unbranched alkanes of at least 4 members (excludes halogenated alkanes) is 1. The zero-order valence-electron chi connectivity index (χ0n) is 13.6. The maximum atomic E-state index is 11.7. The molecule has 1 unspecified atom stereocenters. The third kappa shape index (κ3) is 5.67. The number of benzene rings is 1. The first-order chi connectivity index (χ1) is 11.1. The zero-order chi connectivity index (χ0) is 16.5.